The largest absolute Gasteiger partial charge is 0.497 e. The molecular weight excluding hydrogens is 573 g/mol. The van der Waals surface area contributed by atoms with Gasteiger partial charge in [0.25, 0.3) is 0 Å². The molecule has 3 rings (SSSR count). The van der Waals surface area contributed by atoms with Crippen molar-refractivity contribution in [1.82, 2.24) is 0 Å². The third-order valence-corrected chi connectivity index (χ3v) is 18.1. The molecule has 1 fully saturated rings. The van der Waals surface area contributed by atoms with Gasteiger partial charge in [-0.05, 0) is 68.9 Å². The van der Waals surface area contributed by atoms with E-state index < -0.39 is 26.3 Å². The lowest BCUT2D eigenvalue weighted by Gasteiger charge is -2.51. The monoisotopic (exact) mass is 626 g/mol. The number of rotatable bonds is 11. The summed E-state index contributed by atoms with van der Waals surface area (Å²) in [6.45, 7) is 22.1. The fourth-order valence-corrected chi connectivity index (χ4v) is 10.3. The van der Waals surface area contributed by atoms with E-state index in [4.69, 9.17) is 23.4 Å². The van der Waals surface area contributed by atoms with Gasteiger partial charge < -0.3 is 28.5 Å². The third-order valence-electron chi connectivity index (χ3n) is 9.49. The first-order chi connectivity index (χ1) is 18.9. The summed E-state index contributed by atoms with van der Waals surface area (Å²) < 4.78 is 30.9. The van der Waals surface area contributed by atoms with E-state index >= 15 is 0 Å². The molecule has 2 aliphatic rings. The molecule has 1 spiro atoms. The van der Waals surface area contributed by atoms with Crippen molar-refractivity contribution in [3.63, 3.8) is 0 Å². The Balaban J connectivity index is 2.22. The molecule has 1 aromatic carbocycles. The van der Waals surface area contributed by atoms with Crippen LogP contribution >= 0.6 is 23.5 Å². The fourth-order valence-electron chi connectivity index (χ4n) is 5.77. The number of allylic oxidation sites excluding steroid dienone is 1. The van der Waals surface area contributed by atoms with E-state index in [1.807, 2.05) is 49.5 Å². The van der Waals surface area contributed by atoms with Crippen LogP contribution in [0, 0.1) is 5.41 Å². The number of benzene rings is 1. The Labute approximate surface area is 258 Å². The van der Waals surface area contributed by atoms with Gasteiger partial charge in [0, 0.05) is 35.7 Å². The van der Waals surface area contributed by atoms with Gasteiger partial charge in [0.15, 0.2) is 14.1 Å². The molecule has 0 amide bonds. The van der Waals surface area contributed by atoms with Crippen molar-refractivity contribution in [2.24, 2.45) is 5.41 Å². The van der Waals surface area contributed by atoms with Gasteiger partial charge >= 0.3 is 0 Å². The van der Waals surface area contributed by atoms with Crippen molar-refractivity contribution in [2.75, 3.05) is 32.8 Å². The molecule has 1 heterocycles. The summed E-state index contributed by atoms with van der Waals surface area (Å²) in [4.78, 5) is 0. The SMILES string of the molecule is COc1cc(CO[Si](C)(C)C(C)(C)C)c([C@@H](OC(C)(C)OC)[C@@H](O)C2=C(C)CCC3(SCCS3)C2(C)C)c(OC)c1. The summed E-state index contributed by atoms with van der Waals surface area (Å²) in [5.41, 5.74) is 3.69. The van der Waals surface area contributed by atoms with E-state index in [0.717, 1.165) is 41.0 Å². The number of hydrogen-bond acceptors (Lipinski definition) is 8. The second-order valence-electron chi connectivity index (χ2n) is 13.8. The van der Waals surface area contributed by atoms with Gasteiger partial charge in [-0.3, -0.25) is 0 Å². The number of methoxy groups -OCH3 is 3. The quantitative estimate of drug-likeness (QED) is 0.149. The van der Waals surface area contributed by atoms with Crippen LogP contribution in [0.25, 0.3) is 0 Å². The van der Waals surface area contributed by atoms with Gasteiger partial charge in [-0.25, -0.2) is 0 Å². The van der Waals surface area contributed by atoms with Gasteiger partial charge in [0.1, 0.15) is 23.7 Å². The topological polar surface area (TPSA) is 66.4 Å². The van der Waals surface area contributed by atoms with Crippen molar-refractivity contribution in [3.8, 4) is 11.5 Å². The van der Waals surface area contributed by atoms with E-state index in [2.05, 4.69) is 54.6 Å². The van der Waals surface area contributed by atoms with E-state index in [1.54, 1.807) is 21.3 Å². The van der Waals surface area contributed by atoms with Crippen molar-refractivity contribution < 1.29 is 28.5 Å². The lowest BCUT2D eigenvalue weighted by Crippen LogP contribution is -2.47. The maximum atomic E-state index is 12.5. The molecule has 1 aromatic rings. The van der Waals surface area contributed by atoms with Crippen LogP contribution in [0.4, 0.5) is 0 Å². The van der Waals surface area contributed by atoms with E-state index in [-0.39, 0.29) is 14.5 Å². The summed E-state index contributed by atoms with van der Waals surface area (Å²) in [7, 11) is 2.84. The normalized spacial score (nSPS) is 20.8. The molecule has 0 bridgehead atoms. The summed E-state index contributed by atoms with van der Waals surface area (Å²) in [6, 6.07) is 3.86. The number of ether oxygens (including phenoxy) is 4. The average molecular weight is 627 g/mol. The van der Waals surface area contributed by atoms with Crippen molar-refractivity contribution >= 4 is 31.8 Å². The van der Waals surface area contributed by atoms with Crippen LogP contribution in [0.5, 0.6) is 11.5 Å². The minimum absolute atomic E-state index is 0.0302. The Morgan fingerprint density at radius 3 is 2.12 bits per heavy atom. The number of aliphatic hydroxyl groups excluding tert-OH is 1. The van der Waals surface area contributed by atoms with Gasteiger partial charge in [-0.2, -0.15) is 0 Å². The maximum Gasteiger partial charge on any atom is 0.192 e. The molecule has 1 saturated heterocycles. The summed E-state index contributed by atoms with van der Waals surface area (Å²) in [6.07, 6.45) is 0.369. The van der Waals surface area contributed by atoms with Crippen LogP contribution in [0.15, 0.2) is 23.3 Å². The molecule has 0 aromatic heterocycles. The van der Waals surface area contributed by atoms with Crippen LogP contribution in [0.1, 0.15) is 85.5 Å². The molecule has 0 unspecified atom stereocenters. The molecule has 234 valence electrons. The Morgan fingerprint density at radius 2 is 1.61 bits per heavy atom. The number of aliphatic hydroxyl groups is 1. The molecule has 0 radical (unpaired) electrons. The van der Waals surface area contributed by atoms with Crippen molar-refractivity contribution in [1.29, 1.82) is 0 Å². The van der Waals surface area contributed by atoms with Crippen LogP contribution in [-0.4, -0.2) is 62.2 Å². The molecule has 1 N–H and O–H groups in total. The van der Waals surface area contributed by atoms with Gasteiger partial charge in [-0.1, -0.05) is 40.2 Å². The van der Waals surface area contributed by atoms with E-state index in [0.29, 0.717) is 18.1 Å². The first kappa shape index (κ1) is 34.8. The van der Waals surface area contributed by atoms with E-state index in [1.165, 1.54) is 5.57 Å². The molecule has 1 aliphatic heterocycles. The lowest BCUT2D eigenvalue weighted by atomic mass is 9.68. The second kappa shape index (κ2) is 12.7. The smallest absolute Gasteiger partial charge is 0.192 e. The fraction of sp³-hybridized carbons (Fsp3) is 0.750. The maximum absolute atomic E-state index is 12.5. The molecular formula is C32H54O6S2Si. The minimum atomic E-state index is -2.09. The van der Waals surface area contributed by atoms with Gasteiger partial charge in [0.05, 0.1) is 24.9 Å². The van der Waals surface area contributed by atoms with Gasteiger partial charge in [-0.15, -0.1) is 23.5 Å². The van der Waals surface area contributed by atoms with Crippen LogP contribution < -0.4 is 9.47 Å². The van der Waals surface area contributed by atoms with Crippen LogP contribution in [0.2, 0.25) is 18.1 Å². The van der Waals surface area contributed by atoms with Crippen molar-refractivity contribution in [3.05, 3.63) is 34.4 Å². The summed E-state index contributed by atoms with van der Waals surface area (Å²) >= 11 is 4.09. The zero-order valence-electron chi connectivity index (χ0n) is 27.6. The molecule has 0 saturated carbocycles. The highest BCUT2D eigenvalue weighted by Gasteiger charge is 2.55. The standard InChI is InChI=1S/C32H54O6S2Si/c1-21-14-15-32(39-16-17-40-32)30(5,6)26(21)27(33)28(38-31(7,8)36-11)25-22(18-23(34-9)19-24(25)35-10)20-37-41(12,13)29(2,3)4/h18-19,27-28,33H,14-17,20H2,1-13H3/t27-,28+/m0/s1. The zero-order chi connectivity index (χ0) is 31.0. The van der Waals surface area contributed by atoms with Crippen LogP contribution in [0.3, 0.4) is 0 Å². The number of thioether (sulfide) groups is 2. The highest BCUT2D eigenvalue weighted by Crippen LogP contribution is 2.64. The Kier molecular flexibility index (Phi) is 10.8. The first-order valence-corrected chi connectivity index (χ1v) is 19.5. The molecule has 6 nitrogen and oxygen atoms in total. The highest BCUT2D eigenvalue weighted by molar-refractivity contribution is 8.21. The van der Waals surface area contributed by atoms with Crippen molar-refractivity contribution in [2.45, 2.75) is 115 Å². The van der Waals surface area contributed by atoms with E-state index in [9.17, 15) is 5.11 Å². The molecule has 41 heavy (non-hydrogen) atoms. The molecule has 9 heteroatoms. The third kappa shape index (κ3) is 7.02. The minimum Gasteiger partial charge on any atom is -0.497 e. The Bertz CT molecular complexity index is 1100. The first-order valence-electron chi connectivity index (χ1n) is 14.6. The highest BCUT2D eigenvalue weighted by atomic mass is 32.2. The predicted molar refractivity (Wildman–Crippen MR) is 176 cm³/mol. The number of hydrogen-bond donors (Lipinski definition) is 1. The summed E-state index contributed by atoms with van der Waals surface area (Å²) in [5, 5.41) is 12.6. The van der Waals surface area contributed by atoms with Crippen LogP contribution in [-0.2, 0) is 20.5 Å². The Morgan fingerprint density at radius 1 is 1.00 bits per heavy atom. The molecule has 1 aliphatic carbocycles. The second-order valence-corrected chi connectivity index (χ2v) is 21.7. The predicted octanol–water partition coefficient (Wildman–Crippen LogP) is 8.34. The lowest BCUT2D eigenvalue weighted by molar-refractivity contribution is -0.241. The zero-order valence-corrected chi connectivity index (χ0v) is 30.3. The summed E-state index contributed by atoms with van der Waals surface area (Å²) in [5.74, 6) is 2.57. The average Bonchev–Trinajstić information content (AvgIpc) is 3.38. The Hall–Kier alpha value is -0.683. The van der Waals surface area contributed by atoms with Gasteiger partial charge in [0.2, 0.25) is 0 Å². The molecule has 2 atom stereocenters.